The SMILES string of the molecule is O=C(c1cc(Cl)ccc1NS(=O)(=O)c1ccc(Oc2ccccc2Cl)cc1)N1CCc2ccc([N+](=O)[O-])cc2C1. The van der Waals surface area contributed by atoms with E-state index in [1.54, 1.807) is 30.3 Å². The number of nitrogens with zero attached hydrogens (tertiary/aromatic N) is 2. The summed E-state index contributed by atoms with van der Waals surface area (Å²) in [4.78, 5) is 25.7. The lowest BCUT2D eigenvalue weighted by molar-refractivity contribution is -0.385. The molecule has 4 aromatic rings. The molecular formula is C28H21Cl2N3O6S. The Morgan fingerprint density at radius 3 is 2.42 bits per heavy atom. The molecule has 40 heavy (non-hydrogen) atoms. The molecule has 0 aromatic heterocycles. The monoisotopic (exact) mass is 597 g/mol. The highest BCUT2D eigenvalue weighted by molar-refractivity contribution is 7.92. The number of benzene rings is 4. The van der Waals surface area contributed by atoms with Crippen LogP contribution in [-0.2, 0) is 23.0 Å². The van der Waals surface area contributed by atoms with Gasteiger partial charge in [-0.3, -0.25) is 19.6 Å². The predicted octanol–water partition coefficient (Wildman–Crippen LogP) is 6.69. The number of ether oxygens (including phenoxy) is 1. The molecule has 0 saturated heterocycles. The predicted molar refractivity (Wildman–Crippen MR) is 152 cm³/mol. The molecule has 0 bridgehead atoms. The summed E-state index contributed by atoms with van der Waals surface area (Å²) in [6.07, 6.45) is 0.503. The van der Waals surface area contributed by atoms with Crippen molar-refractivity contribution in [3.63, 3.8) is 0 Å². The third-order valence-electron chi connectivity index (χ3n) is 6.35. The number of carbonyl (C=O) groups is 1. The van der Waals surface area contributed by atoms with Gasteiger partial charge in [0.15, 0.2) is 0 Å². The number of sulfonamides is 1. The molecule has 1 heterocycles. The summed E-state index contributed by atoms with van der Waals surface area (Å²) >= 11 is 12.3. The van der Waals surface area contributed by atoms with Crippen molar-refractivity contribution in [3.8, 4) is 11.5 Å². The van der Waals surface area contributed by atoms with Gasteiger partial charge in [0.05, 0.1) is 26.1 Å². The van der Waals surface area contributed by atoms with Gasteiger partial charge in [-0.15, -0.1) is 0 Å². The molecule has 1 aliphatic heterocycles. The van der Waals surface area contributed by atoms with E-state index in [1.807, 2.05) is 0 Å². The summed E-state index contributed by atoms with van der Waals surface area (Å²) in [7, 11) is -4.09. The van der Waals surface area contributed by atoms with E-state index in [1.165, 1.54) is 59.5 Å². The molecule has 1 aliphatic rings. The highest BCUT2D eigenvalue weighted by Crippen LogP contribution is 2.31. The maximum Gasteiger partial charge on any atom is 0.269 e. The van der Waals surface area contributed by atoms with Crippen LogP contribution in [0.2, 0.25) is 10.0 Å². The molecule has 0 fully saturated rings. The molecule has 204 valence electrons. The average Bonchev–Trinajstić information content (AvgIpc) is 2.94. The maximum absolute atomic E-state index is 13.5. The van der Waals surface area contributed by atoms with E-state index >= 15 is 0 Å². The molecule has 0 unspecified atom stereocenters. The van der Waals surface area contributed by atoms with Crippen molar-refractivity contribution in [2.24, 2.45) is 0 Å². The van der Waals surface area contributed by atoms with Gasteiger partial charge in [-0.25, -0.2) is 8.42 Å². The Bertz CT molecular complexity index is 1730. The molecule has 0 aliphatic carbocycles. The molecule has 0 atom stereocenters. The number of anilines is 1. The van der Waals surface area contributed by atoms with Crippen molar-refractivity contribution in [2.75, 3.05) is 11.3 Å². The quantitative estimate of drug-likeness (QED) is 0.187. The van der Waals surface area contributed by atoms with Gasteiger partial charge in [0.25, 0.3) is 21.6 Å². The number of hydrogen-bond acceptors (Lipinski definition) is 6. The Morgan fingerprint density at radius 1 is 0.950 bits per heavy atom. The van der Waals surface area contributed by atoms with Crippen LogP contribution in [0, 0.1) is 10.1 Å². The fourth-order valence-electron chi connectivity index (χ4n) is 4.33. The first-order chi connectivity index (χ1) is 19.1. The average molecular weight is 598 g/mol. The van der Waals surface area contributed by atoms with Crippen LogP contribution in [0.15, 0.2) is 89.8 Å². The minimum absolute atomic E-state index is 0.0495. The van der Waals surface area contributed by atoms with Gasteiger partial charge < -0.3 is 9.64 Å². The topological polar surface area (TPSA) is 119 Å². The van der Waals surface area contributed by atoms with Crippen molar-refractivity contribution in [1.29, 1.82) is 0 Å². The van der Waals surface area contributed by atoms with Crippen LogP contribution in [0.4, 0.5) is 11.4 Å². The highest BCUT2D eigenvalue weighted by Gasteiger charge is 2.27. The normalized spacial score (nSPS) is 12.9. The van der Waals surface area contributed by atoms with Gasteiger partial charge in [-0.1, -0.05) is 41.4 Å². The van der Waals surface area contributed by atoms with E-state index in [0.29, 0.717) is 35.1 Å². The number of carbonyl (C=O) groups excluding carboxylic acids is 1. The zero-order chi connectivity index (χ0) is 28.4. The zero-order valence-corrected chi connectivity index (χ0v) is 23.0. The van der Waals surface area contributed by atoms with Crippen molar-refractivity contribution in [2.45, 2.75) is 17.9 Å². The van der Waals surface area contributed by atoms with E-state index in [-0.39, 0.29) is 33.4 Å². The van der Waals surface area contributed by atoms with Gasteiger partial charge in [0.2, 0.25) is 0 Å². The molecule has 0 saturated carbocycles. The van der Waals surface area contributed by atoms with Gasteiger partial charge >= 0.3 is 0 Å². The molecule has 12 heteroatoms. The Balaban J connectivity index is 1.37. The number of rotatable bonds is 7. The number of halogens is 2. The lowest BCUT2D eigenvalue weighted by Crippen LogP contribution is -2.36. The lowest BCUT2D eigenvalue weighted by atomic mass is 9.98. The third kappa shape index (κ3) is 5.89. The van der Waals surface area contributed by atoms with Gasteiger partial charge in [0.1, 0.15) is 11.5 Å². The number of nitro benzene ring substituents is 1. The van der Waals surface area contributed by atoms with Gasteiger partial charge in [-0.05, 0) is 72.1 Å². The molecule has 4 aromatic carbocycles. The Kier molecular flexibility index (Phi) is 7.66. The van der Waals surface area contributed by atoms with Gasteiger partial charge in [0, 0.05) is 30.2 Å². The van der Waals surface area contributed by atoms with Crippen LogP contribution in [-0.4, -0.2) is 30.7 Å². The summed E-state index contributed by atoms with van der Waals surface area (Å²) in [5, 5.41) is 11.9. The van der Waals surface area contributed by atoms with E-state index in [9.17, 15) is 23.3 Å². The van der Waals surface area contributed by atoms with E-state index in [4.69, 9.17) is 27.9 Å². The van der Waals surface area contributed by atoms with E-state index < -0.39 is 20.9 Å². The minimum atomic E-state index is -4.09. The number of hydrogen-bond donors (Lipinski definition) is 1. The number of para-hydroxylation sites is 1. The number of nitro groups is 1. The minimum Gasteiger partial charge on any atom is -0.456 e. The van der Waals surface area contributed by atoms with Crippen molar-refractivity contribution < 1.29 is 22.9 Å². The molecule has 9 nitrogen and oxygen atoms in total. The lowest BCUT2D eigenvalue weighted by Gasteiger charge is -2.29. The third-order valence-corrected chi connectivity index (χ3v) is 8.28. The first kappa shape index (κ1) is 27.4. The van der Waals surface area contributed by atoms with Crippen LogP contribution in [0.1, 0.15) is 21.5 Å². The summed E-state index contributed by atoms with van der Waals surface area (Å²) in [6.45, 7) is 0.497. The van der Waals surface area contributed by atoms with E-state index in [2.05, 4.69) is 4.72 Å². The van der Waals surface area contributed by atoms with Crippen molar-refractivity contribution in [3.05, 3.63) is 122 Å². The van der Waals surface area contributed by atoms with Crippen LogP contribution in [0.3, 0.4) is 0 Å². The smallest absolute Gasteiger partial charge is 0.269 e. The van der Waals surface area contributed by atoms with Crippen molar-refractivity contribution >= 4 is 50.5 Å². The Morgan fingerprint density at radius 2 is 1.70 bits per heavy atom. The summed E-state index contributed by atoms with van der Waals surface area (Å²) < 4.78 is 34.7. The fourth-order valence-corrected chi connectivity index (χ4v) is 5.75. The second kappa shape index (κ2) is 11.2. The summed E-state index contributed by atoms with van der Waals surface area (Å²) in [5.41, 5.74) is 1.63. The van der Waals surface area contributed by atoms with Gasteiger partial charge in [-0.2, -0.15) is 0 Å². The number of fused-ring (bicyclic) bond motifs is 1. The largest absolute Gasteiger partial charge is 0.456 e. The van der Waals surface area contributed by atoms with Crippen LogP contribution in [0.5, 0.6) is 11.5 Å². The zero-order valence-electron chi connectivity index (χ0n) is 20.7. The highest BCUT2D eigenvalue weighted by atomic mass is 35.5. The number of nitrogens with one attached hydrogen (secondary N) is 1. The van der Waals surface area contributed by atoms with Crippen LogP contribution < -0.4 is 9.46 Å². The van der Waals surface area contributed by atoms with E-state index in [0.717, 1.165) is 5.56 Å². The maximum atomic E-state index is 13.5. The molecule has 1 N–H and O–H groups in total. The first-order valence-corrected chi connectivity index (χ1v) is 14.2. The summed E-state index contributed by atoms with van der Waals surface area (Å²) in [6, 6.07) is 21.5. The van der Waals surface area contributed by atoms with Crippen LogP contribution in [0.25, 0.3) is 0 Å². The molecular weight excluding hydrogens is 577 g/mol. The second-order valence-electron chi connectivity index (χ2n) is 8.99. The van der Waals surface area contributed by atoms with Crippen LogP contribution >= 0.6 is 23.2 Å². The molecule has 0 radical (unpaired) electrons. The molecule has 5 rings (SSSR count). The standard InChI is InChI=1S/C28H21Cl2N3O6S/c29-20-6-12-26(24(16-20)28(34)32-14-13-18-5-7-21(33(35)36)15-19(18)17-32)31-40(37,38)23-10-8-22(9-11-23)39-27-4-2-1-3-25(27)30/h1-12,15-16,31H,13-14,17H2. The number of amides is 1. The molecule has 1 amide bonds. The fraction of sp³-hybridized carbons (Fsp3) is 0.107. The first-order valence-electron chi connectivity index (χ1n) is 12.0. The van der Waals surface area contributed by atoms with Crippen molar-refractivity contribution in [1.82, 2.24) is 4.90 Å². The Hall–Kier alpha value is -4.12. The molecule has 0 spiro atoms. The summed E-state index contributed by atoms with van der Waals surface area (Å²) in [5.74, 6) is 0.359. The Labute approximate surface area is 240 Å². The second-order valence-corrected chi connectivity index (χ2v) is 11.5. The number of non-ortho nitro benzene ring substituents is 1.